The summed E-state index contributed by atoms with van der Waals surface area (Å²) in [5, 5.41) is 19.3. The van der Waals surface area contributed by atoms with E-state index in [9.17, 15) is 15.0 Å². The van der Waals surface area contributed by atoms with E-state index >= 15 is 0 Å². The number of hydrogen-bond acceptors (Lipinski definition) is 5. The molecule has 0 heterocycles. The van der Waals surface area contributed by atoms with E-state index in [1.54, 1.807) is 18.2 Å². The minimum atomic E-state index is -0.287. The Morgan fingerprint density at radius 3 is 2.36 bits per heavy atom. The smallest absolute Gasteiger partial charge is 0.185 e. The Balaban J connectivity index is 2.28. The molecule has 2 N–H and O–H groups in total. The molecule has 0 saturated carbocycles. The van der Waals surface area contributed by atoms with Gasteiger partial charge in [0.2, 0.25) is 0 Å². The maximum absolute atomic E-state index is 12.0. The van der Waals surface area contributed by atoms with Gasteiger partial charge in [-0.1, -0.05) is 12.1 Å². The molecule has 0 atom stereocenters. The van der Waals surface area contributed by atoms with E-state index in [-0.39, 0.29) is 17.3 Å². The van der Waals surface area contributed by atoms with Crippen molar-refractivity contribution in [1.29, 1.82) is 0 Å². The molecule has 0 aliphatic heterocycles. The fraction of sp³-hybridized carbons (Fsp3) is 0.118. The molecule has 0 aliphatic rings. The molecule has 0 unspecified atom stereocenters. The molecule has 0 bridgehead atoms. The van der Waals surface area contributed by atoms with E-state index in [0.29, 0.717) is 22.6 Å². The molecule has 2 rings (SSSR count). The molecule has 2 aromatic carbocycles. The summed E-state index contributed by atoms with van der Waals surface area (Å²) >= 11 is 0. The fourth-order valence-corrected chi connectivity index (χ4v) is 1.94. The highest BCUT2D eigenvalue weighted by Gasteiger charge is 2.09. The summed E-state index contributed by atoms with van der Waals surface area (Å²) < 4.78 is 10.2. The lowest BCUT2D eigenvalue weighted by Gasteiger charge is -2.09. The number of hydrogen-bond donors (Lipinski definition) is 2. The quantitative estimate of drug-likeness (QED) is 0.655. The Labute approximate surface area is 128 Å². The van der Waals surface area contributed by atoms with Gasteiger partial charge in [0, 0.05) is 17.2 Å². The van der Waals surface area contributed by atoms with E-state index in [2.05, 4.69) is 0 Å². The molecule has 0 spiro atoms. The Morgan fingerprint density at radius 1 is 1.05 bits per heavy atom. The van der Waals surface area contributed by atoms with Gasteiger partial charge in [-0.15, -0.1) is 0 Å². The first-order chi connectivity index (χ1) is 10.5. The number of carbonyl (C=O) groups is 1. The fourth-order valence-electron chi connectivity index (χ4n) is 1.94. The van der Waals surface area contributed by atoms with Crippen molar-refractivity contribution in [3.05, 3.63) is 53.6 Å². The number of aromatic hydroxyl groups is 2. The van der Waals surface area contributed by atoms with Crippen LogP contribution in [-0.4, -0.2) is 30.2 Å². The van der Waals surface area contributed by atoms with Crippen LogP contribution in [0, 0.1) is 0 Å². The lowest BCUT2D eigenvalue weighted by molar-refractivity contribution is 0.104. The minimum absolute atomic E-state index is 0.0215. The maximum atomic E-state index is 12.0. The largest absolute Gasteiger partial charge is 0.508 e. The molecule has 5 heteroatoms. The van der Waals surface area contributed by atoms with Gasteiger partial charge in [0.25, 0.3) is 0 Å². The van der Waals surface area contributed by atoms with Crippen LogP contribution in [0.4, 0.5) is 0 Å². The Bertz CT molecular complexity index is 719. The van der Waals surface area contributed by atoms with Gasteiger partial charge in [-0.2, -0.15) is 0 Å². The predicted molar refractivity (Wildman–Crippen MR) is 82.7 cm³/mol. The molecule has 0 fully saturated rings. The van der Waals surface area contributed by atoms with Gasteiger partial charge < -0.3 is 19.7 Å². The number of ether oxygens (including phenoxy) is 2. The van der Waals surface area contributed by atoms with Crippen molar-refractivity contribution in [2.75, 3.05) is 14.2 Å². The second-order valence-electron chi connectivity index (χ2n) is 4.51. The van der Waals surface area contributed by atoms with Crippen LogP contribution in [-0.2, 0) is 0 Å². The second kappa shape index (κ2) is 6.67. The third-order valence-corrected chi connectivity index (χ3v) is 3.08. The number of phenolic OH excluding ortho intramolecular Hbond substituents is 2. The number of methoxy groups -OCH3 is 2. The van der Waals surface area contributed by atoms with Gasteiger partial charge in [0.05, 0.1) is 14.2 Å². The van der Waals surface area contributed by atoms with Crippen molar-refractivity contribution < 1.29 is 24.5 Å². The average Bonchev–Trinajstić information content (AvgIpc) is 2.53. The van der Waals surface area contributed by atoms with Crippen LogP contribution in [0.25, 0.3) is 6.08 Å². The van der Waals surface area contributed by atoms with Gasteiger partial charge in [-0.3, -0.25) is 4.79 Å². The number of rotatable bonds is 5. The minimum Gasteiger partial charge on any atom is -0.508 e. The summed E-state index contributed by atoms with van der Waals surface area (Å²) in [5.41, 5.74) is 0.780. The van der Waals surface area contributed by atoms with Crippen molar-refractivity contribution in [2.24, 2.45) is 0 Å². The molecule has 114 valence electrons. The van der Waals surface area contributed by atoms with Crippen LogP contribution >= 0.6 is 0 Å². The topological polar surface area (TPSA) is 76.0 Å². The Hall–Kier alpha value is -2.95. The van der Waals surface area contributed by atoms with Crippen LogP contribution < -0.4 is 9.47 Å². The number of phenols is 2. The van der Waals surface area contributed by atoms with Crippen LogP contribution in [0.1, 0.15) is 15.9 Å². The van der Waals surface area contributed by atoms with Gasteiger partial charge in [0.1, 0.15) is 11.5 Å². The summed E-state index contributed by atoms with van der Waals surface area (Å²) in [4.78, 5) is 12.0. The summed E-state index contributed by atoms with van der Waals surface area (Å²) in [7, 11) is 2.96. The lowest BCUT2D eigenvalue weighted by atomic mass is 10.1. The molecule has 0 saturated heterocycles. The lowest BCUT2D eigenvalue weighted by Crippen LogP contribution is -1.94. The highest BCUT2D eigenvalue weighted by Crippen LogP contribution is 2.34. The molecule has 2 aromatic rings. The summed E-state index contributed by atoms with van der Waals surface area (Å²) in [6, 6.07) is 9.03. The first-order valence-electron chi connectivity index (χ1n) is 6.51. The van der Waals surface area contributed by atoms with Gasteiger partial charge in [-0.05, 0) is 30.4 Å². The van der Waals surface area contributed by atoms with E-state index in [1.807, 2.05) is 0 Å². The number of ketones is 1. The molecule has 0 amide bonds. The molecule has 5 nitrogen and oxygen atoms in total. The van der Waals surface area contributed by atoms with Gasteiger partial charge in [0.15, 0.2) is 17.3 Å². The summed E-state index contributed by atoms with van der Waals surface area (Å²) in [5.74, 6) is 0.553. The van der Waals surface area contributed by atoms with Crippen molar-refractivity contribution >= 4 is 11.9 Å². The first-order valence-corrected chi connectivity index (χ1v) is 6.51. The van der Waals surface area contributed by atoms with Crippen molar-refractivity contribution in [1.82, 2.24) is 0 Å². The third-order valence-electron chi connectivity index (χ3n) is 3.08. The normalized spacial score (nSPS) is 10.6. The zero-order valence-corrected chi connectivity index (χ0v) is 12.2. The number of allylic oxidation sites excluding steroid dienone is 1. The maximum Gasteiger partial charge on any atom is 0.185 e. The summed E-state index contributed by atoms with van der Waals surface area (Å²) in [6.45, 7) is 0. The summed E-state index contributed by atoms with van der Waals surface area (Å²) in [6.07, 6.45) is 2.79. The van der Waals surface area contributed by atoms with E-state index < -0.39 is 0 Å². The molecule has 0 aliphatic carbocycles. The van der Waals surface area contributed by atoms with E-state index in [1.165, 1.54) is 44.6 Å². The highest BCUT2D eigenvalue weighted by molar-refractivity contribution is 6.07. The Morgan fingerprint density at radius 2 is 1.73 bits per heavy atom. The van der Waals surface area contributed by atoms with Gasteiger partial charge in [-0.25, -0.2) is 0 Å². The van der Waals surface area contributed by atoms with Crippen molar-refractivity contribution in [2.45, 2.75) is 0 Å². The second-order valence-corrected chi connectivity index (χ2v) is 4.51. The van der Waals surface area contributed by atoms with E-state index in [4.69, 9.17) is 9.47 Å². The monoisotopic (exact) mass is 300 g/mol. The van der Waals surface area contributed by atoms with E-state index in [0.717, 1.165) is 0 Å². The molecule has 0 radical (unpaired) electrons. The first kappa shape index (κ1) is 15.4. The standard InChI is InChI=1S/C17H16O5/c1-21-16-9-12(15(20)10-17(16)22-2)6-7-14(19)11-4-3-5-13(18)8-11/h3-10,18,20H,1-2H3/b7-6+. The molecule has 0 aromatic heterocycles. The zero-order valence-electron chi connectivity index (χ0n) is 12.2. The van der Waals surface area contributed by atoms with Crippen LogP contribution in [0.5, 0.6) is 23.0 Å². The number of benzene rings is 2. The van der Waals surface area contributed by atoms with Crippen LogP contribution in [0.15, 0.2) is 42.5 Å². The van der Waals surface area contributed by atoms with Crippen LogP contribution in [0.3, 0.4) is 0 Å². The average molecular weight is 300 g/mol. The Kier molecular flexibility index (Phi) is 4.68. The van der Waals surface area contributed by atoms with Crippen molar-refractivity contribution in [3.8, 4) is 23.0 Å². The highest BCUT2D eigenvalue weighted by atomic mass is 16.5. The molecular weight excluding hydrogens is 284 g/mol. The predicted octanol–water partition coefficient (Wildman–Crippen LogP) is 3.01. The van der Waals surface area contributed by atoms with Crippen molar-refractivity contribution in [3.63, 3.8) is 0 Å². The molecular formula is C17H16O5. The third kappa shape index (κ3) is 3.38. The van der Waals surface area contributed by atoms with Crippen LogP contribution in [0.2, 0.25) is 0 Å². The SMILES string of the molecule is COc1cc(O)c(/C=C/C(=O)c2cccc(O)c2)cc1OC. The van der Waals surface area contributed by atoms with Gasteiger partial charge >= 0.3 is 0 Å². The number of carbonyl (C=O) groups excluding carboxylic acids is 1. The molecule has 22 heavy (non-hydrogen) atoms. The zero-order chi connectivity index (χ0) is 16.1.